The van der Waals surface area contributed by atoms with E-state index in [0.717, 1.165) is 30.0 Å². The summed E-state index contributed by atoms with van der Waals surface area (Å²) in [5.74, 6) is 0.460. The zero-order valence-corrected chi connectivity index (χ0v) is 15.1. The van der Waals surface area contributed by atoms with E-state index in [4.69, 9.17) is 9.47 Å². The van der Waals surface area contributed by atoms with Crippen LogP contribution in [0.5, 0.6) is 5.75 Å². The Hall–Kier alpha value is -2.82. The van der Waals surface area contributed by atoms with Crippen LogP contribution in [0.4, 0.5) is 0 Å². The average Bonchev–Trinajstić information content (AvgIpc) is 2.72. The van der Waals surface area contributed by atoms with Gasteiger partial charge in [0.25, 0.3) is 0 Å². The highest BCUT2D eigenvalue weighted by Gasteiger charge is 2.08. The standard InChI is InChI=1S/C21H24N2O3/c1-25-21(24)18-11-9-17(10-12-18)16-26-20-8-4-3-7-19(20)15-22-23-13-5-2-6-14-23/h3-4,7-12,15H,2,5-6,13-14,16H2,1H3/b22-15+. The number of esters is 1. The molecule has 1 aliphatic heterocycles. The number of piperidine rings is 1. The molecule has 1 fully saturated rings. The molecule has 5 nitrogen and oxygen atoms in total. The number of hydrogen-bond acceptors (Lipinski definition) is 5. The Morgan fingerprint density at radius 1 is 1.08 bits per heavy atom. The Morgan fingerprint density at radius 2 is 1.81 bits per heavy atom. The first-order chi connectivity index (χ1) is 12.8. The van der Waals surface area contributed by atoms with Gasteiger partial charge in [0, 0.05) is 18.7 Å². The van der Waals surface area contributed by atoms with Crippen LogP contribution in [0.1, 0.15) is 40.7 Å². The van der Waals surface area contributed by atoms with Gasteiger partial charge in [0.15, 0.2) is 0 Å². The van der Waals surface area contributed by atoms with Gasteiger partial charge in [-0.05, 0) is 49.1 Å². The van der Waals surface area contributed by atoms with E-state index in [1.165, 1.54) is 26.4 Å². The van der Waals surface area contributed by atoms with Crippen molar-refractivity contribution < 1.29 is 14.3 Å². The number of rotatable bonds is 6. The monoisotopic (exact) mass is 352 g/mol. The highest BCUT2D eigenvalue weighted by molar-refractivity contribution is 5.89. The summed E-state index contributed by atoms with van der Waals surface area (Å²) in [6, 6.07) is 15.1. The Morgan fingerprint density at radius 3 is 2.54 bits per heavy atom. The number of ether oxygens (including phenoxy) is 2. The fourth-order valence-electron chi connectivity index (χ4n) is 2.87. The molecular formula is C21H24N2O3. The van der Waals surface area contributed by atoms with Crippen molar-refractivity contribution in [1.29, 1.82) is 0 Å². The molecule has 0 saturated carbocycles. The number of carbonyl (C=O) groups is 1. The molecule has 1 aliphatic rings. The van der Waals surface area contributed by atoms with Crippen molar-refractivity contribution in [2.45, 2.75) is 25.9 Å². The van der Waals surface area contributed by atoms with Crippen LogP contribution >= 0.6 is 0 Å². The molecule has 1 saturated heterocycles. The highest BCUT2D eigenvalue weighted by Crippen LogP contribution is 2.19. The van der Waals surface area contributed by atoms with E-state index in [9.17, 15) is 4.79 Å². The summed E-state index contributed by atoms with van der Waals surface area (Å²) in [6.45, 7) is 2.47. The third kappa shape index (κ3) is 4.85. The van der Waals surface area contributed by atoms with Crippen LogP contribution < -0.4 is 4.74 Å². The fourth-order valence-corrected chi connectivity index (χ4v) is 2.87. The van der Waals surface area contributed by atoms with Crippen LogP contribution in [0, 0.1) is 0 Å². The van der Waals surface area contributed by atoms with Gasteiger partial charge in [-0.2, -0.15) is 5.10 Å². The van der Waals surface area contributed by atoms with Crippen LogP contribution in [0.3, 0.4) is 0 Å². The zero-order valence-electron chi connectivity index (χ0n) is 15.1. The summed E-state index contributed by atoms with van der Waals surface area (Å²) < 4.78 is 10.7. The van der Waals surface area contributed by atoms with Gasteiger partial charge in [-0.1, -0.05) is 24.3 Å². The van der Waals surface area contributed by atoms with Crippen molar-refractivity contribution in [1.82, 2.24) is 5.01 Å². The molecule has 3 rings (SSSR count). The molecule has 136 valence electrons. The number of hydrogen-bond donors (Lipinski definition) is 0. The van der Waals surface area contributed by atoms with Crippen molar-refractivity contribution in [3.8, 4) is 5.75 Å². The lowest BCUT2D eigenvalue weighted by Gasteiger charge is -2.23. The summed E-state index contributed by atoms with van der Waals surface area (Å²) in [5.41, 5.74) is 2.48. The Bertz CT molecular complexity index is 750. The lowest BCUT2D eigenvalue weighted by molar-refractivity contribution is 0.0600. The fraction of sp³-hybridized carbons (Fsp3) is 0.333. The van der Waals surface area contributed by atoms with Crippen molar-refractivity contribution in [3.05, 3.63) is 65.2 Å². The maximum atomic E-state index is 11.5. The largest absolute Gasteiger partial charge is 0.488 e. The van der Waals surface area contributed by atoms with Crippen LogP contribution in [-0.4, -0.2) is 37.4 Å². The molecule has 2 aromatic rings. The molecule has 0 aromatic heterocycles. The summed E-state index contributed by atoms with van der Waals surface area (Å²) >= 11 is 0. The lowest BCUT2D eigenvalue weighted by Crippen LogP contribution is -2.24. The summed E-state index contributed by atoms with van der Waals surface area (Å²) in [7, 11) is 1.38. The molecule has 0 amide bonds. The van der Waals surface area contributed by atoms with Gasteiger partial charge >= 0.3 is 5.97 Å². The quantitative estimate of drug-likeness (QED) is 0.585. The van der Waals surface area contributed by atoms with Gasteiger partial charge in [0.05, 0.1) is 18.9 Å². The summed E-state index contributed by atoms with van der Waals surface area (Å²) in [5, 5.41) is 6.70. The normalized spacial score (nSPS) is 14.4. The van der Waals surface area contributed by atoms with Gasteiger partial charge in [-0.25, -0.2) is 4.79 Å². The molecule has 26 heavy (non-hydrogen) atoms. The molecule has 0 bridgehead atoms. The molecule has 0 aliphatic carbocycles. The van der Waals surface area contributed by atoms with Crippen molar-refractivity contribution in [2.24, 2.45) is 5.10 Å². The van der Waals surface area contributed by atoms with Crippen LogP contribution in [0.2, 0.25) is 0 Å². The predicted molar refractivity (Wildman–Crippen MR) is 102 cm³/mol. The number of benzene rings is 2. The Kier molecular flexibility index (Phi) is 6.25. The molecule has 0 unspecified atom stereocenters. The van der Waals surface area contributed by atoms with E-state index in [1.54, 1.807) is 12.1 Å². The first-order valence-corrected chi connectivity index (χ1v) is 8.94. The van der Waals surface area contributed by atoms with E-state index in [-0.39, 0.29) is 5.97 Å². The van der Waals surface area contributed by atoms with Gasteiger partial charge in [-0.3, -0.25) is 5.01 Å². The minimum atomic E-state index is -0.336. The first-order valence-electron chi connectivity index (χ1n) is 8.94. The van der Waals surface area contributed by atoms with Crippen LogP contribution in [0.25, 0.3) is 0 Å². The van der Waals surface area contributed by atoms with E-state index >= 15 is 0 Å². The zero-order chi connectivity index (χ0) is 18.2. The number of para-hydroxylation sites is 1. The van der Waals surface area contributed by atoms with Gasteiger partial charge < -0.3 is 9.47 Å². The minimum absolute atomic E-state index is 0.336. The van der Waals surface area contributed by atoms with Crippen molar-refractivity contribution >= 4 is 12.2 Å². The molecule has 0 atom stereocenters. The number of methoxy groups -OCH3 is 1. The lowest BCUT2D eigenvalue weighted by atomic mass is 10.1. The van der Waals surface area contributed by atoms with Gasteiger partial charge in [-0.15, -0.1) is 0 Å². The van der Waals surface area contributed by atoms with Gasteiger partial charge in [0.1, 0.15) is 12.4 Å². The van der Waals surface area contributed by atoms with Crippen molar-refractivity contribution in [3.63, 3.8) is 0 Å². The van der Waals surface area contributed by atoms with E-state index < -0.39 is 0 Å². The summed E-state index contributed by atoms with van der Waals surface area (Å²) in [4.78, 5) is 11.5. The molecule has 0 radical (unpaired) electrons. The topological polar surface area (TPSA) is 51.1 Å². The number of hydrazone groups is 1. The predicted octanol–water partition coefficient (Wildman–Crippen LogP) is 3.87. The third-order valence-corrected chi connectivity index (χ3v) is 4.38. The minimum Gasteiger partial charge on any atom is -0.488 e. The van der Waals surface area contributed by atoms with E-state index in [1.807, 2.05) is 42.6 Å². The van der Waals surface area contributed by atoms with E-state index in [0.29, 0.717) is 12.2 Å². The number of nitrogens with zero attached hydrogens (tertiary/aromatic N) is 2. The highest BCUT2D eigenvalue weighted by atomic mass is 16.5. The Balaban J connectivity index is 1.62. The third-order valence-electron chi connectivity index (χ3n) is 4.38. The molecule has 2 aromatic carbocycles. The molecule has 0 spiro atoms. The molecule has 0 N–H and O–H groups in total. The van der Waals surface area contributed by atoms with Crippen LogP contribution in [0.15, 0.2) is 53.6 Å². The second-order valence-corrected chi connectivity index (χ2v) is 6.27. The molecule has 5 heteroatoms. The first kappa shape index (κ1) is 18.0. The number of carbonyl (C=O) groups excluding carboxylic acids is 1. The molecular weight excluding hydrogens is 328 g/mol. The maximum Gasteiger partial charge on any atom is 0.337 e. The second kappa shape index (κ2) is 9.04. The smallest absolute Gasteiger partial charge is 0.337 e. The Labute approximate surface area is 154 Å². The van der Waals surface area contributed by atoms with Gasteiger partial charge in [0.2, 0.25) is 0 Å². The van der Waals surface area contributed by atoms with E-state index in [2.05, 4.69) is 10.1 Å². The second-order valence-electron chi connectivity index (χ2n) is 6.27. The SMILES string of the molecule is COC(=O)c1ccc(COc2ccccc2/C=N/N2CCCCC2)cc1. The summed E-state index contributed by atoms with van der Waals surface area (Å²) in [6.07, 6.45) is 5.58. The maximum absolute atomic E-state index is 11.5. The average molecular weight is 352 g/mol. The molecule has 1 heterocycles. The van der Waals surface area contributed by atoms with Crippen molar-refractivity contribution in [2.75, 3.05) is 20.2 Å². The van der Waals surface area contributed by atoms with Crippen LogP contribution in [-0.2, 0) is 11.3 Å².